The lowest BCUT2D eigenvalue weighted by atomic mass is 10.0. The normalized spacial score (nSPS) is 10.6. The SMILES string of the molecule is Cc1ccc2c(COC(=O)CCNC(=O)c3ccc([N+](=O)[O-])cc3)cc(=O)oc2c1C. The van der Waals surface area contributed by atoms with Gasteiger partial charge in [0, 0.05) is 41.3 Å². The maximum Gasteiger partial charge on any atom is 0.336 e. The van der Waals surface area contributed by atoms with Crippen molar-refractivity contribution in [2.75, 3.05) is 6.54 Å². The van der Waals surface area contributed by atoms with Gasteiger partial charge in [0.05, 0.1) is 11.3 Å². The molecule has 160 valence electrons. The van der Waals surface area contributed by atoms with Gasteiger partial charge in [-0.3, -0.25) is 19.7 Å². The molecule has 2 aromatic carbocycles. The Morgan fingerprint density at radius 1 is 1.13 bits per heavy atom. The van der Waals surface area contributed by atoms with Crippen LogP contribution in [0.1, 0.15) is 33.5 Å². The molecule has 0 saturated carbocycles. The number of nitro groups is 1. The topological polar surface area (TPSA) is 129 Å². The average Bonchev–Trinajstić information content (AvgIpc) is 2.75. The van der Waals surface area contributed by atoms with E-state index < -0.39 is 22.4 Å². The van der Waals surface area contributed by atoms with Crippen LogP contribution >= 0.6 is 0 Å². The number of carbonyl (C=O) groups excluding carboxylic acids is 2. The summed E-state index contributed by atoms with van der Waals surface area (Å²) in [7, 11) is 0. The highest BCUT2D eigenvalue weighted by molar-refractivity contribution is 5.94. The van der Waals surface area contributed by atoms with Gasteiger partial charge in [0.25, 0.3) is 11.6 Å². The van der Waals surface area contributed by atoms with Gasteiger partial charge < -0.3 is 14.5 Å². The number of aryl methyl sites for hydroxylation is 2. The maximum absolute atomic E-state index is 12.1. The molecule has 0 spiro atoms. The van der Waals surface area contributed by atoms with E-state index in [0.717, 1.165) is 11.1 Å². The first-order valence-electron chi connectivity index (χ1n) is 9.47. The van der Waals surface area contributed by atoms with E-state index in [1.165, 1.54) is 30.3 Å². The Hall–Kier alpha value is -4.01. The first-order chi connectivity index (χ1) is 14.8. The summed E-state index contributed by atoms with van der Waals surface area (Å²) in [4.78, 5) is 46.0. The van der Waals surface area contributed by atoms with Crippen LogP contribution in [0.2, 0.25) is 0 Å². The van der Waals surface area contributed by atoms with Crippen LogP contribution in [0.3, 0.4) is 0 Å². The molecule has 9 heteroatoms. The Balaban J connectivity index is 1.55. The summed E-state index contributed by atoms with van der Waals surface area (Å²) in [6.07, 6.45) is -0.0732. The number of fused-ring (bicyclic) bond motifs is 1. The molecular weight excluding hydrogens is 404 g/mol. The summed E-state index contributed by atoms with van der Waals surface area (Å²) in [5.74, 6) is -1.01. The lowest BCUT2D eigenvalue weighted by molar-refractivity contribution is -0.384. The number of ether oxygens (including phenoxy) is 1. The highest BCUT2D eigenvalue weighted by Crippen LogP contribution is 2.23. The Kier molecular flexibility index (Phi) is 6.44. The molecule has 0 aliphatic carbocycles. The number of esters is 1. The second-order valence-electron chi connectivity index (χ2n) is 6.95. The third-order valence-electron chi connectivity index (χ3n) is 4.86. The zero-order chi connectivity index (χ0) is 22.5. The summed E-state index contributed by atoms with van der Waals surface area (Å²) in [5, 5.41) is 13.9. The molecule has 3 rings (SSSR count). The lowest BCUT2D eigenvalue weighted by Crippen LogP contribution is -2.26. The zero-order valence-electron chi connectivity index (χ0n) is 17.0. The predicted molar refractivity (Wildman–Crippen MR) is 112 cm³/mol. The number of hydrogen-bond acceptors (Lipinski definition) is 7. The second kappa shape index (κ2) is 9.21. The second-order valence-corrected chi connectivity index (χ2v) is 6.95. The molecular formula is C22H20N2O7. The highest BCUT2D eigenvalue weighted by atomic mass is 16.6. The number of benzene rings is 2. The minimum atomic E-state index is -0.556. The number of rotatable bonds is 7. The van der Waals surface area contributed by atoms with Gasteiger partial charge in [-0.25, -0.2) is 4.79 Å². The Labute approximate surface area is 176 Å². The third-order valence-corrected chi connectivity index (χ3v) is 4.86. The Morgan fingerprint density at radius 3 is 2.52 bits per heavy atom. The molecule has 31 heavy (non-hydrogen) atoms. The van der Waals surface area contributed by atoms with Crippen LogP contribution in [0, 0.1) is 24.0 Å². The standard InChI is InChI=1S/C22H20N2O7/c1-13-3-8-18-16(11-20(26)31-21(18)14(13)2)12-30-19(25)9-10-23-22(27)15-4-6-17(7-5-15)24(28)29/h3-8,11H,9-10,12H2,1-2H3,(H,23,27). The van der Waals surface area contributed by atoms with Crippen molar-refractivity contribution in [2.24, 2.45) is 0 Å². The number of non-ortho nitro benzene ring substituents is 1. The van der Waals surface area contributed by atoms with E-state index in [-0.39, 0.29) is 30.8 Å². The lowest BCUT2D eigenvalue weighted by Gasteiger charge is -2.10. The van der Waals surface area contributed by atoms with Crippen molar-refractivity contribution in [3.05, 3.63) is 85.3 Å². The van der Waals surface area contributed by atoms with Crippen molar-refractivity contribution in [1.82, 2.24) is 5.32 Å². The molecule has 1 N–H and O–H groups in total. The molecule has 0 atom stereocenters. The summed E-state index contributed by atoms with van der Waals surface area (Å²) in [6, 6.07) is 10.1. The average molecular weight is 424 g/mol. The number of carbonyl (C=O) groups is 2. The van der Waals surface area contributed by atoms with E-state index in [1.54, 1.807) is 0 Å². The molecule has 1 amide bonds. The highest BCUT2D eigenvalue weighted by Gasteiger charge is 2.13. The quantitative estimate of drug-likeness (QED) is 0.267. The van der Waals surface area contributed by atoms with E-state index in [4.69, 9.17) is 9.15 Å². The third kappa shape index (κ3) is 5.13. The number of nitrogens with one attached hydrogen (secondary N) is 1. The van der Waals surface area contributed by atoms with Crippen molar-refractivity contribution in [2.45, 2.75) is 26.9 Å². The van der Waals surface area contributed by atoms with Gasteiger partial charge in [0.2, 0.25) is 0 Å². The van der Waals surface area contributed by atoms with E-state index in [1.807, 2.05) is 26.0 Å². The maximum atomic E-state index is 12.1. The minimum Gasteiger partial charge on any atom is -0.461 e. The van der Waals surface area contributed by atoms with Crippen molar-refractivity contribution >= 4 is 28.5 Å². The van der Waals surface area contributed by atoms with Gasteiger partial charge in [-0.15, -0.1) is 0 Å². The molecule has 1 heterocycles. The monoisotopic (exact) mass is 424 g/mol. The number of hydrogen-bond donors (Lipinski definition) is 1. The van der Waals surface area contributed by atoms with Gasteiger partial charge in [-0.05, 0) is 37.1 Å². The van der Waals surface area contributed by atoms with Gasteiger partial charge in [0.15, 0.2) is 0 Å². The molecule has 0 unspecified atom stereocenters. The summed E-state index contributed by atoms with van der Waals surface area (Å²) < 4.78 is 10.5. The number of amides is 1. The zero-order valence-corrected chi connectivity index (χ0v) is 17.0. The fraction of sp³-hybridized carbons (Fsp3) is 0.227. The molecule has 0 fully saturated rings. The number of nitro benzene ring substituents is 1. The van der Waals surface area contributed by atoms with E-state index in [9.17, 15) is 24.5 Å². The van der Waals surface area contributed by atoms with Gasteiger partial charge in [-0.1, -0.05) is 12.1 Å². The van der Waals surface area contributed by atoms with Crippen molar-refractivity contribution in [3.63, 3.8) is 0 Å². The van der Waals surface area contributed by atoms with Crippen molar-refractivity contribution in [3.8, 4) is 0 Å². The summed E-state index contributed by atoms with van der Waals surface area (Å²) in [5.41, 5.74) is 2.43. The Bertz CT molecular complexity index is 1210. The fourth-order valence-corrected chi connectivity index (χ4v) is 2.99. The molecule has 0 saturated heterocycles. The molecule has 1 aromatic heterocycles. The molecule has 0 bridgehead atoms. The van der Waals surface area contributed by atoms with Crippen LogP contribution in [0.4, 0.5) is 5.69 Å². The molecule has 0 aliphatic heterocycles. The minimum absolute atomic E-state index is 0.0324. The predicted octanol–water partition coefficient (Wildman–Crippen LogP) is 3.18. The van der Waals surface area contributed by atoms with Gasteiger partial charge >= 0.3 is 11.6 Å². The molecule has 9 nitrogen and oxygen atoms in total. The largest absolute Gasteiger partial charge is 0.461 e. The van der Waals surface area contributed by atoms with Crippen LogP contribution in [-0.2, 0) is 16.1 Å². The first-order valence-corrected chi connectivity index (χ1v) is 9.47. The van der Waals surface area contributed by atoms with E-state index in [0.29, 0.717) is 16.5 Å². The molecule has 0 radical (unpaired) electrons. The van der Waals surface area contributed by atoms with Gasteiger partial charge in [-0.2, -0.15) is 0 Å². The van der Waals surface area contributed by atoms with Crippen LogP contribution in [0.25, 0.3) is 11.0 Å². The van der Waals surface area contributed by atoms with Crippen molar-refractivity contribution in [1.29, 1.82) is 0 Å². The van der Waals surface area contributed by atoms with Crippen molar-refractivity contribution < 1.29 is 23.7 Å². The van der Waals surface area contributed by atoms with Crippen LogP contribution in [-0.4, -0.2) is 23.3 Å². The number of nitrogens with zero attached hydrogens (tertiary/aromatic N) is 1. The summed E-state index contributed by atoms with van der Waals surface area (Å²) in [6.45, 7) is 3.70. The Morgan fingerprint density at radius 2 is 1.84 bits per heavy atom. The fourth-order valence-electron chi connectivity index (χ4n) is 2.99. The first kappa shape index (κ1) is 21.7. The van der Waals surface area contributed by atoms with E-state index >= 15 is 0 Å². The summed E-state index contributed by atoms with van der Waals surface area (Å²) >= 11 is 0. The molecule has 3 aromatic rings. The van der Waals surface area contributed by atoms with Gasteiger partial charge in [0.1, 0.15) is 12.2 Å². The van der Waals surface area contributed by atoms with E-state index in [2.05, 4.69) is 5.32 Å². The van der Waals surface area contributed by atoms with Crippen LogP contribution in [0.15, 0.2) is 51.7 Å². The van der Waals surface area contributed by atoms with Crippen LogP contribution < -0.4 is 10.9 Å². The smallest absolute Gasteiger partial charge is 0.336 e. The molecule has 0 aliphatic rings. The van der Waals surface area contributed by atoms with Crippen LogP contribution in [0.5, 0.6) is 0 Å².